The van der Waals surface area contributed by atoms with E-state index in [1.54, 1.807) is 0 Å². The van der Waals surface area contributed by atoms with Crippen LogP contribution in [0.3, 0.4) is 0 Å². The van der Waals surface area contributed by atoms with Gasteiger partial charge in [-0.1, -0.05) is 30.3 Å². The van der Waals surface area contributed by atoms with E-state index >= 15 is 0 Å². The Labute approximate surface area is 89.6 Å². The molecule has 1 aromatic carbocycles. The number of ether oxygens (including phenoxy) is 2. The van der Waals surface area contributed by atoms with Crippen molar-refractivity contribution in [1.82, 2.24) is 0 Å². The van der Waals surface area contributed by atoms with Crippen LogP contribution in [0.15, 0.2) is 30.3 Å². The van der Waals surface area contributed by atoms with Gasteiger partial charge < -0.3 is 14.6 Å². The third kappa shape index (κ3) is 3.30. The molecule has 1 fully saturated rings. The molecule has 0 radical (unpaired) electrons. The van der Waals surface area contributed by atoms with Crippen molar-refractivity contribution in [2.45, 2.75) is 25.2 Å². The lowest BCUT2D eigenvalue weighted by atomic mass is 10.2. The Morgan fingerprint density at radius 3 is 2.80 bits per heavy atom. The number of hydrogen-bond acceptors (Lipinski definition) is 3. The molecule has 0 aliphatic carbocycles. The van der Waals surface area contributed by atoms with E-state index in [0.29, 0.717) is 26.2 Å². The lowest BCUT2D eigenvalue weighted by molar-refractivity contribution is 0.00852. The highest BCUT2D eigenvalue weighted by Gasteiger charge is 2.23. The van der Waals surface area contributed by atoms with Crippen LogP contribution in [0.5, 0.6) is 0 Å². The summed E-state index contributed by atoms with van der Waals surface area (Å²) in [5, 5.41) is 9.24. The minimum atomic E-state index is -0.310. The smallest absolute Gasteiger partial charge is 0.0835 e. The first-order chi connectivity index (χ1) is 7.34. The quantitative estimate of drug-likeness (QED) is 0.811. The molecule has 2 rings (SSSR count). The van der Waals surface area contributed by atoms with Crippen LogP contribution >= 0.6 is 0 Å². The minimum Gasteiger partial charge on any atom is -0.391 e. The zero-order chi connectivity index (χ0) is 10.5. The Morgan fingerprint density at radius 2 is 2.13 bits per heavy atom. The van der Waals surface area contributed by atoms with Crippen molar-refractivity contribution in [3.8, 4) is 0 Å². The predicted octanol–water partition coefficient (Wildman–Crippen LogP) is 1.35. The largest absolute Gasteiger partial charge is 0.391 e. The standard InChI is InChI=1S/C12H16O3/c13-11-6-12(15-8-11)9-14-7-10-4-2-1-3-5-10/h1-5,11-13H,6-9H2/t11-,12-/m1/s1. The first-order valence-corrected chi connectivity index (χ1v) is 5.26. The van der Waals surface area contributed by atoms with Crippen LogP contribution in [0.2, 0.25) is 0 Å². The van der Waals surface area contributed by atoms with Gasteiger partial charge in [-0.3, -0.25) is 0 Å². The molecule has 15 heavy (non-hydrogen) atoms. The topological polar surface area (TPSA) is 38.7 Å². The summed E-state index contributed by atoms with van der Waals surface area (Å²) in [6.07, 6.45) is 0.438. The molecule has 0 aromatic heterocycles. The van der Waals surface area contributed by atoms with Gasteiger partial charge in [-0.15, -0.1) is 0 Å². The van der Waals surface area contributed by atoms with E-state index in [1.807, 2.05) is 30.3 Å². The Bertz CT molecular complexity index is 286. The van der Waals surface area contributed by atoms with E-state index in [9.17, 15) is 5.11 Å². The van der Waals surface area contributed by atoms with Gasteiger partial charge in [0.05, 0.1) is 32.0 Å². The number of hydrogen-bond donors (Lipinski definition) is 1. The fourth-order valence-corrected chi connectivity index (χ4v) is 1.69. The van der Waals surface area contributed by atoms with Crippen molar-refractivity contribution in [1.29, 1.82) is 0 Å². The van der Waals surface area contributed by atoms with Gasteiger partial charge in [-0.2, -0.15) is 0 Å². The maximum Gasteiger partial charge on any atom is 0.0835 e. The normalized spacial score (nSPS) is 25.7. The van der Waals surface area contributed by atoms with Gasteiger partial charge in [0.2, 0.25) is 0 Å². The summed E-state index contributed by atoms with van der Waals surface area (Å²) in [6, 6.07) is 10.0. The molecule has 2 atom stereocenters. The maximum atomic E-state index is 9.24. The number of aliphatic hydroxyl groups is 1. The van der Waals surface area contributed by atoms with Gasteiger partial charge in [-0.25, -0.2) is 0 Å². The molecular weight excluding hydrogens is 192 g/mol. The van der Waals surface area contributed by atoms with Gasteiger partial charge in [0.15, 0.2) is 0 Å². The molecule has 3 nitrogen and oxygen atoms in total. The summed E-state index contributed by atoms with van der Waals surface area (Å²) >= 11 is 0. The van der Waals surface area contributed by atoms with Crippen LogP contribution in [-0.4, -0.2) is 30.5 Å². The van der Waals surface area contributed by atoms with Gasteiger partial charge in [0.25, 0.3) is 0 Å². The number of aliphatic hydroxyl groups excluding tert-OH is 1. The monoisotopic (exact) mass is 208 g/mol. The molecule has 1 aromatic rings. The molecule has 1 saturated heterocycles. The summed E-state index contributed by atoms with van der Waals surface area (Å²) in [6.45, 7) is 1.61. The maximum absolute atomic E-state index is 9.24. The van der Waals surface area contributed by atoms with Crippen LogP contribution in [0.25, 0.3) is 0 Å². The molecule has 1 N–H and O–H groups in total. The van der Waals surface area contributed by atoms with Crippen molar-refractivity contribution in [3.05, 3.63) is 35.9 Å². The van der Waals surface area contributed by atoms with E-state index in [2.05, 4.69) is 0 Å². The van der Waals surface area contributed by atoms with Crippen molar-refractivity contribution < 1.29 is 14.6 Å². The van der Waals surface area contributed by atoms with Crippen LogP contribution in [-0.2, 0) is 16.1 Å². The molecule has 0 spiro atoms. The summed E-state index contributed by atoms with van der Waals surface area (Å²) in [4.78, 5) is 0. The third-order valence-corrected chi connectivity index (χ3v) is 2.47. The molecule has 82 valence electrons. The molecule has 1 aliphatic rings. The Hall–Kier alpha value is -0.900. The SMILES string of the molecule is O[C@H]1CO[C@@H](COCc2ccccc2)C1. The zero-order valence-electron chi connectivity index (χ0n) is 8.63. The fraction of sp³-hybridized carbons (Fsp3) is 0.500. The highest BCUT2D eigenvalue weighted by atomic mass is 16.5. The van der Waals surface area contributed by atoms with Crippen molar-refractivity contribution in [2.75, 3.05) is 13.2 Å². The minimum absolute atomic E-state index is 0.0590. The van der Waals surface area contributed by atoms with Crippen LogP contribution in [0.1, 0.15) is 12.0 Å². The lowest BCUT2D eigenvalue weighted by Crippen LogP contribution is -2.14. The van der Waals surface area contributed by atoms with E-state index in [1.165, 1.54) is 0 Å². The zero-order valence-corrected chi connectivity index (χ0v) is 8.63. The van der Waals surface area contributed by atoms with E-state index in [4.69, 9.17) is 9.47 Å². The Kier molecular flexibility index (Phi) is 3.72. The van der Waals surface area contributed by atoms with Gasteiger partial charge in [0, 0.05) is 6.42 Å². The highest BCUT2D eigenvalue weighted by Crippen LogP contribution is 2.13. The molecule has 0 unspecified atom stereocenters. The van der Waals surface area contributed by atoms with Crippen molar-refractivity contribution in [3.63, 3.8) is 0 Å². The second-order valence-electron chi connectivity index (χ2n) is 3.85. The predicted molar refractivity (Wildman–Crippen MR) is 56.5 cm³/mol. The van der Waals surface area contributed by atoms with Crippen LogP contribution < -0.4 is 0 Å². The number of rotatable bonds is 4. The van der Waals surface area contributed by atoms with Gasteiger partial charge in [-0.05, 0) is 5.56 Å². The second-order valence-corrected chi connectivity index (χ2v) is 3.85. The molecule has 1 aliphatic heterocycles. The lowest BCUT2D eigenvalue weighted by Gasteiger charge is -2.09. The van der Waals surface area contributed by atoms with Crippen molar-refractivity contribution in [2.24, 2.45) is 0 Å². The summed E-state index contributed by atoms with van der Waals surface area (Å²) < 4.78 is 10.8. The average Bonchev–Trinajstić information content (AvgIpc) is 2.66. The molecular formula is C12H16O3. The first kappa shape index (κ1) is 10.6. The van der Waals surface area contributed by atoms with Crippen LogP contribution in [0.4, 0.5) is 0 Å². The van der Waals surface area contributed by atoms with Crippen molar-refractivity contribution >= 4 is 0 Å². The van der Waals surface area contributed by atoms with E-state index < -0.39 is 0 Å². The van der Waals surface area contributed by atoms with E-state index in [-0.39, 0.29) is 12.2 Å². The number of benzene rings is 1. The molecule has 0 bridgehead atoms. The van der Waals surface area contributed by atoms with Gasteiger partial charge >= 0.3 is 0 Å². The summed E-state index contributed by atoms with van der Waals surface area (Å²) in [7, 11) is 0. The molecule has 0 amide bonds. The molecule has 0 saturated carbocycles. The van der Waals surface area contributed by atoms with Gasteiger partial charge in [0.1, 0.15) is 0 Å². The third-order valence-electron chi connectivity index (χ3n) is 2.47. The highest BCUT2D eigenvalue weighted by molar-refractivity contribution is 5.13. The summed E-state index contributed by atoms with van der Waals surface area (Å²) in [5.41, 5.74) is 1.16. The Morgan fingerprint density at radius 1 is 1.33 bits per heavy atom. The Balaban J connectivity index is 1.67. The molecule has 3 heteroatoms. The first-order valence-electron chi connectivity index (χ1n) is 5.26. The fourth-order valence-electron chi connectivity index (χ4n) is 1.69. The summed E-state index contributed by atoms with van der Waals surface area (Å²) in [5.74, 6) is 0. The average molecular weight is 208 g/mol. The second kappa shape index (κ2) is 5.26. The molecule has 1 heterocycles. The van der Waals surface area contributed by atoms with Crippen LogP contribution in [0, 0.1) is 0 Å². The van der Waals surface area contributed by atoms with E-state index in [0.717, 1.165) is 5.56 Å².